The maximum Gasteiger partial charge on any atom is 0.258 e. The number of benzene rings is 1. The van der Waals surface area contributed by atoms with E-state index in [1.54, 1.807) is 6.92 Å². The minimum Gasteiger partial charge on any atom is -0.289 e. The second kappa shape index (κ2) is 6.39. The van der Waals surface area contributed by atoms with E-state index in [1.165, 1.54) is 18.2 Å². The summed E-state index contributed by atoms with van der Waals surface area (Å²) in [6.07, 6.45) is 1.46. The molecule has 1 aromatic heterocycles. The predicted molar refractivity (Wildman–Crippen MR) is 77.7 cm³/mol. The summed E-state index contributed by atoms with van der Waals surface area (Å²) in [6, 6.07) is 4.00. The first-order valence-electron chi connectivity index (χ1n) is 6.85. The van der Waals surface area contributed by atoms with Gasteiger partial charge in [0.1, 0.15) is 5.82 Å². The molecule has 1 aromatic carbocycles. The van der Waals surface area contributed by atoms with Gasteiger partial charge in [-0.3, -0.25) is 10.1 Å². The molecule has 0 aliphatic heterocycles. The molecule has 1 heterocycles. The summed E-state index contributed by atoms with van der Waals surface area (Å²) in [5.41, 5.74) is 2.59. The van der Waals surface area contributed by atoms with E-state index in [2.05, 4.69) is 20.5 Å². The number of amides is 1. The van der Waals surface area contributed by atoms with E-state index in [1.807, 2.05) is 13.8 Å². The van der Waals surface area contributed by atoms with Gasteiger partial charge < -0.3 is 0 Å². The van der Waals surface area contributed by atoms with Crippen LogP contribution in [0.15, 0.2) is 18.2 Å². The van der Waals surface area contributed by atoms with Crippen molar-refractivity contribution in [3.63, 3.8) is 0 Å². The monoisotopic (exact) mass is 288 g/mol. The first kappa shape index (κ1) is 15.0. The van der Waals surface area contributed by atoms with Crippen LogP contribution in [-0.2, 0) is 12.8 Å². The molecule has 0 atom stereocenters. The third kappa shape index (κ3) is 3.39. The Labute approximate surface area is 122 Å². The number of anilines is 1. The van der Waals surface area contributed by atoms with Crippen molar-refractivity contribution in [3.05, 3.63) is 46.5 Å². The maximum atomic E-state index is 13.1. The molecule has 5 nitrogen and oxygen atoms in total. The second-order valence-corrected chi connectivity index (χ2v) is 4.65. The molecule has 6 heteroatoms. The zero-order valence-electron chi connectivity index (χ0n) is 12.3. The number of aryl methyl sites for hydroxylation is 3. The van der Waals surface area contributed by atoms with E-state index in [-0.39, 0.29) is 17.7 Å². The number of halogens is 1. The first-order chi connectivity index (χ1) is 10.0. The molecule has 0 saturated heterocycles. The molecule has 110 valence electrons. The van der Waals surface area contributed by atoms with Crippen molar-refractivity contribution >= 4 is 11.9 Å². The Hall–Kier alpha value is -2.37. The number of hydrogen-bond acceptors (Lipinski definition) is 4. The largest absolute Gasteiger partial charge is 0.289 e. The number of nitrogens with one attached hydrogen (secondary N) is 1. The molecule has 1 N–H and O–H groups in total. The van der Waals surface area contributed by atoms with Crippen molar-refractivity contribution in [1.82, 2.24) is 15.2 Å². The molecule has 0 bridgehead atoms. The third-order valence-corrected chi connectivity index (χ3v) is 3.17. The molecule has 2 aromatic rings. The highest BCUT2D eigenvalue weighted by Gasteiger charge is 2.13. The number of carbonyl (C=O) groups excluding carboxylic acids is 1. The molecule has 0 fully saturated rings. The van der Waals surface area contributed by atoms with Gasteiger partial charge in [-0.25, -0.2) is 9.37 Å². The summed E-state index contributed by atoms with van der Waals surface area (Å²) in [4.78, 5) is 16.5. The Morgan fingerprint density at radius 2 is 1.90 bits per heavy atom. The average Bonchev–Trinajstić information content (AvgIpc) is 2.46. The van der Waals surface area contributed by atoms with Crippen molar-refractivity contribution in [2.75, 3.05) is 5.32 Å². The van der Waals surface area contributed by atoms with Crippen molar-refractivity contribution in [2.24, 2.45) is 0 Å². The number of hydrogen-bond donors (Lipinski definition) is 1. The van der Waals surface area contributed by atoms with E-state index >= 15 is 0 Å². The Bertz CT molecular complexity index is 673. The number of nitrogens with zero attached hydrogens (tertiary/aromatic N) is 3. The van der Waals surface area contributed by atoms with Crippen LogP contribution in [0.25, 0.3) is 0 Å². The fourth-order valence-corrected chi connectivity index (χ4v) is 2.04. The summed E-state index contributed by atoms with van der Waals surface area (Å²) < 4.78 is 13.1. The van der Waals surface area contributed by atoms with Crippen LogP contribution in [0, 0.1) is 12.7 Å². The summed E-state index contributed by atoms with van der Waals surface area (Å²) in [7, 11) is 0. The maximum absolute atomic E-state index is 13.1. The lowest BCUT2D eigenvalue weighted by molar-refractivity contribution is 0.102. The van der Waals surface area contributed by atoms with Crippen LogP contribution in [0.1, 0.15) is 41.2 Å². The molecule has 0 unspecified atom stereocenters. The van der Waals surface area contributed by atoms with E-state index < -0.39 is 0 Å². The second-order valence-electron chi connectivity index (χ2n) is 4.65. The van der Waals surface area contributed by atoms with Crippen LogP contribution in [0.4, 0.5) is 10.3 Å². The highest BCUT2D eigenvalue weighted by atomic mass is 19.1. The molecule has 0 aliphatic rings. The Morgan fingerprint density at radius 3 is 2.52 bits per heavy atom. The van der Waals surface area contributed by atoms with E-state index in [9.17, 15) is 9.18 Å². The van der Waals surface area contributed by atoms with Gasteiger partial charge in [0.25, 0.3) is 5.91 Å². The quantitative estimate of drug-likeness (QED) is 0.939. The topological polar surface area (TPSA) is 67.8 Å². The van der Waals surface area contributed by atoms with E-state index in [0.29, 0.717) is 11.1 Å². The number of carbonyl (C=O) groups is 1. The fourth-order valence-electron chi connectivity index (χ4n) is 2.04. The lowest BCUT2D eigenvalue weighted by Crippen LogP contribution is -2.17. The highest BCUT2D eigenvalue weighted by Crippen LogP contribution is 2.12. The minimum absolute atomic E-state index is 0.165. The van der Waals surface area contributed by atoms with Gasteiger partial charge in [-0.15, -0.1) is 10.2 Å². The predicted octanol–water partition coefficient (Wildman–Crippen LogP) is 2.70. The van der Waals surface area contributed by atoms with Crippen LogP contribution in [0.3, 0.4) is 0 Å². The molecular weight excluding hydrogens is 271 g/mol. The van der Waals surface area contributed by atoms with Gasteiger partial charge in [-0.1, -0.05) is 13.8 Å². The number of rotatable bonds is 4. The molecule has 0 spiro atoms. The van der Waals surface area contributed by atoms with Gasteiger partial charge >= 0.3 is 0 Å². The fraction of sp³-hybridized carbons (Fsp3) is 0.333. The molecule has 21 heavy (non-hydrogen) atoms. The molecular formula is C15H17FN4O. The molecule has 2 rings (SSSR count). The van der Waals surface area contributed by atoms with Crippen molar-refractivity contribution in [3.8, 4) is 0 Å². The summed E-state index contributed by atoms with van der Waals surface area (Å²) in [5, 5.41) is 10.6. The van der Waals surface area contributed by atoms with Gasteiger partial charge in [0.2, 0.25) is 5.95 Å². The minimum atomic E-state index is -0.374. The lowest BCUT2D eigenvalue weighted by Gasteiger charge is -2.08. The molecule has 1 amide bonds. The van der Waals surface area contributed by atoms with E-state index in [4.69, 9.17) is 0 Å². The van der Waals surface area contributed by atoms with Gasteiger partial charge in [-0.05, 0) is 43.5 Å². The smallest absolute Gasteiger partial charge is 0.258 e. The number of aromatic nitrogens is 3. The summed E-state index contributed by atoms with van der Waals surface area (Å²) >= 11 is 0. The SMILES string of the molecule is CCc1nnc(NC(=O)c2ccc(F)cc2C)nc1CC. The normalized spacial score (nSPS) is 10.5. The van der Waals surface area contributed by atoms with Gasteiger partial charge in [0, 0.05) is 5.56 Å². The Morgan fingerprint density at radius 1 is 1.19 bits per heavy atom. The van der Waals surface area contributed by atoms with Gasteiger partial charge in [0.05, 0.1) is 11.4 Å². The standard InChI is InChI=1S/C15H17FN4O/c1-4-12-13(5-2)19-20-15(17-12)18-14(21)11-7-6-10(16)8-9(11)3/h6-8H,4-5H2,1-3H3,(H,17,18,20,21). The zero-order chi connectivity index (χ0) is 15.4. The van der Waals surface area contributed by atoms with E-state index in [0.717, 1.165) is 24.2 Å². The average molecular weight is 288 g/mol. The molecule has 0 aliphatic carbocycles. The van der Waals surface area contributed by atoms with Gasteiger partial charge in [0.15, 0.2) is 0 Å². The van der Waals surface area contributed by atoms with Crippen LogP contribution in [-0.4, -0.2) is 21.1 Å². The van der Waals surface area contributed by atoms with Crippen LogP contribution in [0.5, 0.6) is 0 Å². The third-order valence-electron chi connectivity index (χ3n) is 3.17. The highest BCUT2D eigenvalue weighted by molar-refractivity contribution is 6.04. The Kier molecular flexibility index (Phi) is 4.57. The molecule has 0 saturated carbocycles. The van der Waals surface area contributed by atoms with Gasteiger partial charge in [-0.2, -0.15) is 0 Å². The van der Waals surface area contributed by atoms with Crippen molar-refractivity contribution in [2.45, 2.75) is 33.6 Å². The Balaban J connectivity index is 2.23. The van der Waals surface area contributed by atoms with Crippen LogP contribution in [0.2, 0.25) is 0 Å². The zero-order valence-corrected chi connectivity index (χ0v) is 12.3. The first-order valence-corrected chi connectivity index (χ1v) is 6.85. The van der Waals surface area contributed by atoms with Crippen molar-refractivity contribution < 1.29 is 9.18 Å². The van der Waals surface area contributed by atoms with Crippen molar-refractivity contribution in [1.29, 1.82) is 0 Å². The van der Waals surface area contributed by atoms with Crippen LogP contribution < -0.4 is 5.32 Å². The summed E-state index contributed by atoms with van der Waals surface area (Å²) in [6.45, 7) is 5.62. The molecule has 0 radical (unpaired) electrons. The lowest BCUT2D eigenvalue weighted by atomic mass is 10.1. The van der Waals surface area contributed by atoms with Crippen LogP contribution >= 0.6 is 0 Å². The summed E-state index contributed by atoms with van der Waals surface area (Å²) in [5.74, 6) is -0.582.